The lowest BCUT2D eigenvalue weighted by molar-refractivity contribution is -0.148. The largest absolute Gasteiger partial charge is 0.396 e. The number of nitrogens with zero attached hydrogens (tertiary/aromatic N) is 3. The number of rotatable bonds is 9. The molecule has 8 nitrogen and oxygen atoms in total. The summed E-state index contributed by atoms with van der Waals surface area (Å²) < 4.78 is 7.00. The Hall–Kier alpha value is -4.27. The quantitative estimate of drug-likeness (QED) is 0.273. The first-order valence-corrected chi connectivity index (χ1v) is 16.5. The first-order chi connectivity index (χ1) is 22.4. The van der Waals surface area contributed by atoms with E-state index < -0.39 is 29.1 Å². The predicted molar refractivity (Wildman–Crippen MR) is 177 cm³/mol. The first-order valence-electron chi connectivity index (χ1n) is 16.5. The highest BCUT2D eigenvalue weighted by Gasteiger charge is 2.74. The molecule has 4 aliphatic rings. The van der Waals surface area contributed by atoms with Gasteiger partial charge in [0.25, 0.3) is 5.91 Å². The van der Waals surface area contributed by atoms with Crippen molar-refractivity contribution in [3.8, 4) is 0 Å². The highest BCUT2D eigenvalue weighted by Crippen LogP contribution is 2.57. The van der Waals surface area contributed by atoms with E-state index in [4.69, 9.17) is 4.74 Å². The van der Waals surface area contributed by atoms with E-state index in [0.29, 0.717) is 39.0 Å². The summed E-state index contributed by atoms with van der Waals surface area (Å²) in [6, 6.07) is 23.0. The molecule has 3 aromatic rings. The van der Waals surface area contributed by atoms with E-state index >= 15 is 0 Å². The summed E-state index contributed by atoms with van der Waals surface area (Å²) in [5.74, 6) is -2.17. The molecule has 46 heavy (non-hydrogen) atoms. The van der Waals surface area contributed by atoms with Crippen molar-refractivity contribution >= 4 is 34.2 Å². The number of fused-ring (bicyclic) bond motifs is 3. The maximum Gasteiger partial charge on any atom is 0.253 e. The Morgan fingerprint density at radius 3 is 2.33 bits per heavy atom. The number of hydrogen-bond donors (Lipinski definition) is 1. The highest BCUT2D eigenvalue weighted by molar-refractivity contribution is 6.06. The van der Waals surface area contributed by atoms with Crippen molar-refractivity contribution in [2.75, 3.05) is 31.1 Å². The van der Waals surface area contributed by atoms with E-state index in [2.05, 4.69) is 0 Å². The summed E-state index contributed by atoms with van der Waals surface area (Å²) in [4.78, 5) is 49.2. The van der Waals surface area contributed by atoms with Crippen LogP contribution in [0.4, 0.5) is 5.69 Å². The molecule has 1 spiro atoms. The van der Waals surface area contributed by atoms with Crippen molar-refractivity contribution in [3.05, 3.63) is 103 Å². The van der Waals surface area contributed by atoms with Crippen LogP contribution in [0.2, 0.25) is 0 Å². The van der Waals surface area contributed by atoms with Gasteiger partial charge in [-0.25, -0.2) is 0 Å². The van der Waals surface area contributed by atoms with Gasteiger partial charge in [-0.3, -0.25) is 14.4 Å². The number of aliphatic hydroxyl groups is 1. The van der Waals surface area contributed by atoms with Crippen LogP contribution >= 0.6 is 0 Å². The normalized spacial score (nSPS) is 28.8. The van der Waals surface area contributed by atoms with Gasteiger partial charge in [0.05, 0.1) is 17.4 Å². The smallest absolute Gasteiger partial charge is 0.253 e. The van der Waals surface area contributed by atoms with E-state index in [1.807, 2.05) is 104 Å². The molecule has 0 bridgehead atoms. The minimum atomic E-state index is -1.29. The topological polar surface area (TPSA) is 90.4 Å². The number of amides is 3. The van der Waals surface area contributed by atoms with E-state index in [0.717, 1.165) is 34.9 Å². The number of unbranched alkanes of at least 4 members (excludes halogenated alkanes) is 3. The summed E-state index contributed by atoms with van der Waals surface area (Å²) in [6.07, 6.45) is 10.8. The van der Waals surface area contributed by atoms with Crippen LogP contribution in [-0.2, 0) is 25.7 Å². The second-order valence-corrected chi connectivity index (χ2v) is 13.2. The standard InChI is InChI=1S/C38H41N3O5/c1-37-19-11-21-39(26-27-13-5-4-6-14-27)34(43)31(37)32-35(44)41(22-9-2-3-10-24-42)33-36(45)40(23-12-20-38(32,33)46-37)30-18-17-28-15-7-8-16-29(28)25-30/h4-8,11-20,25,31-33,42H,2-3,9-10,21-24,26H2,1H3/t31-,32+,33?,37+,38+/m1/s1. The Balaban J connectivity index is 1.27. The van der Waals surface area contributed by atoms with Crippen LogP contribution in [0, 0.1) is 11.8 Å². The van der Waals surface area contributed by atoms with Gasteiger partial charge in [-0.1, -0.05) is 97.8 Å². The molecular formula is C38H41N3O5. The molecule has 7 rings (SSSR count). The Bertz CT molecular complexity index is 1700. The summed E-state index contributed by atoms with van der Waals surface area (Å²) in [6.45, 7) is 3.56. The van der Waals surface area contributed by atoms with Crippen molar-refractivity contribution in [2.45, 2.75) is 56.4 Å². The minimum absolute atomic E-state index is 0.129. The first kappa shape index (κ1) is 30.4. The summed E-state index contributed by atoms with van der Waals surface area (Å²) in [5.41, 5.74) is -0.582. The zero-order valence-electron chi connectivity index (χ0n) is 26.3. The molecule has 0 aliphatic carbocycles. The van der Waals surface area contributed by atoms with Crippen LogP contribution in [0.1, 0.15) is 38.2 Å². The maximum absolute atomic E-state index is 14.8. The molecule has 0 saturated carbocycles. The van der Waals surface area contributed by atoms with Crippen LogP contribution in [-0.4, -0.2) is 76.1 Å². The number of benzene rings is 3. The molecule has 1 N–H and O–H groups in total. The Labute approximate surface area is 269 Å². The third-order valence-electron chi connectivity index (χ3n) is 10.2. The second kappa shape index (κ2) is 12.2. The molecule has 2 saturated heterocycles. The summed E-state index contributed by atoms with van der Waals surface area (Å²) in [5, 5.41) is 11.4. The average Bonchev–Trinajstić information content (AvgIpc) is 3.33. The molecule has 0 radical (unpaired) electrons. The summed E-state index contributed by atoms with van der Waals surface area (Å²) >= 11 is 0. The minimum Gasteiger partial charge on any atom is -0.396 e. The number of carbonyl (C=O) groups excluding carboxylic acids is 3. The highest BCUT2D eigenvalue weighted by atomic mass is 16.5. The SMILES string of the molecule is C[C@]12C=CCN(Cc3ccccc3)C(=O)[C@H]1[C@H]1C(=O)N(CCCCCCO)C3C(=O)N(c4ccc5ccccc5c4)CC=C[C@@]31O2. The number of ether oxygens (including phenoxy) is 1. The third-order valence-corrected chi connectivity index (χ3v) is 10.2. The lowest BCUT2D eigenvalue weighted by Gasteiger charge is -2.37. The lowest BCUT2D eigenvalue weighted by atomic mass is 9.74. The van der Waals surface area contributed by atoms with E-state index in [1.54, 1.807) is 14.7 Å². The Morgan fingerprint density at radius 2 is 1.52 bits per heavy atom. The molecule has 0 aromatic heterocycles. The fourth-order valence-corrected chi connectivity index (χ4v) is 8.08. The van der Waals surface area contributed by atoms with Gasteiger partial charge in [-0.2, -0.15) is 0 Å². The maximum atomic E-state index is 14.8. The van der Waals surface area contributed by atoms with Crippen molar-refractivity contribution in [1.29, 1.82) is 0 Å². The van der Waals surface area contributed by atoms with Gasteiger partial charge in [0.15, 0.2) is 0 Å². The van der Waals surface area contributed by atoms with Gasteiger partial charge in [0, 0.05) is 38.5 Å². The molecule has 8 heteroatoms. The average molecular weight is 620 g/mol. The van der Waals surface area contributed by atoms with Crippen molar-refractivity contribution in [2.24, 2.45) is 11.8 Å². The number of anilines is 1. The molecule has 3 aromatic carbocycles. The molecule has 4 heterocycles. The van der Waals surface area contributed by atoms with Gasteiger partial charge in [0.1, 0.15) is 11.6 Å². The monoisotopic (exact) mass is 619 g/mol. The number of hydrogen-bond acceptors (Lipinski definition) is 5. The van der Waals surface area contributed by atoms with Gasteiger partial charge in [-0.05, 0) is 48.2 Å². The van der Waals surface area contributed by atoms with Crippen molar-refractivity contribution < 1.29 is 24.2 Å². The zero-order chi connectivity index (χ0) is 31.9. The zero-order valence-corrected chi connectivity index (χ0v) is 26.3. The molecule has 1 unspecified atom stereocenters. The van der Waals surface area contributed by atoms with E-state index in [1.165, 1.54) is 0 Å². The number of likely N-dealkylation sites (tertiary alicyclic amines) is 1. The molecule has 238 valence electrons. The van der Waals surface area contributed by atoms with Crippen LogP contribution in [0.5, 0.6) is 0 Å². The van der Waals surface area contributed by atoms with Crippen LogP contribution < -0.4 is 4.90 Å². The van der Waals surface area contributed by atoms with Crippen molar-refractivity contribution in [1.82, 2.24) is 9.80 Å². The molecule has 3 amide bonds. The molecule has 4 aliphatic heterocycles. The molecule has 5 atom stereocenters. The third kappa shape index (κ3) is 5.04. The predicted octanol–water partition coefficient (Wildman–Crippen LogP) is 4.86. The van der Waals surface area contributed by atoms with Crippen LogP contribution in [0.3, 0.4) is 0 Å². The molecule has 2 fully saturated rings. The van der Waals surface area contributed by atoms with Gasteiger partial charge in [-0.15, -0.1) is 0 Å². The van der Waals surface area contributed by atoms with E-state index in [-0.39, 0.29) is 24.3 Å². The second-order valence-electron chi connectivity index (χ2n) is 13.2. The van der Waals surface area contributed by atoms with Gasteiger partial charge >= 0.3 is 0 Å². The van der Waals surface area contributed by atoms with E-state index in [9.17, 15) is 19.5 Å². The van der Waals surface area contributed by atoms with Gasteiger partial charge < -0.3 is 24.5 Å². The fourth-order valence-electron chi connectivity index (χ4n) is 8.08. The summed E-state index contributed by atoms with van der Waals surface area (Å²) in [7, 11) is 0. The van der Waals surface area contributed by atoms with Crippen LogP contribution in [0.25, 0.3) is 10.8 Å². The Kier molecular flexibility index (Phi) is 8.03. The van der Waals surface area contributed by atoms with Crippen molar-refractivity contribution in [3.63, 3.8) is 0 Å². The fraction of sp³-hybridized carbons (Fsp3) is 0.395. The number of carbonyl (C=O) groups is 3. The Morgan fingerprint density at radius 1 is 0.783 bits per heavy atom. The number of aliphatic hydroxyl groups excluding tert-OH is 1. The lowest BCUT2D eigenvalue weighted by Crippen LogP contribution is -2.56. The van der Waals surface area contributed by atoms with Crippen LogP contribution in [0.15, 0.2) is 97.1 Å². The van der Waals surface area contributed by atoms with Gasteiger partial charge in [0.2, 0.25) is 11.8 Å². The molecular weight excluding hydrogens is 578 g/mol.